The predicted molar refractivity (Wildman–Crippen MR) is 62.2 cm³/mol. The molecule has 2 heterocycles. The van der Waals surface area contributed by atoms with Crippen LogP contribution in [0.1, 0.15) is 23.8 Å². The molecule has 92 valence electrons. The number of carbonyl (C=O) groups is 2. The molecule has 0 aromatic carbocycles. The summed E-state index contributed by atoms with van der Waals surface area (Å²) in [5, 5.41) is -0.0274. The smallest absolute Gasteiger partial charge is 0.360 e. The van der Waals surface area contributed by atoms with Crippen molar-refractivity contribution in [3.05, 3.63) is 12.0 Å². The molecule has 1 aromatic heterocycles. The number of aromatic nitrogens is 1. The first-order chi connectivity index (χ1) is 8.11. The summed E-state index contributed by atoms with van der Waals surface area (Å²) in [6.45, 7) is 2.40. The van der Waals surface area contributed by atoms with Crippen LogP contribution in [0.15, 0.2) is 10.7 Å². The van der Waals surface area contributed by atoms with Crippen LogP contribution in [0, 0.1) is 0 Å². The molecule has 1 atom stereocenters. The average Bonchev–Trinajstić information content (AvgIpc) is 2.85. The maximum atomic E-state index is 11.6. The number of ether oxygens (including phenoxy) is 1. The zero-order chi connectivity index (χ0) is 12.4. The number of esters is 1. The largest absolute Gasteiger partial charge is 0.461 e. The predicted octanol–water partition coefficient (Wildman–Crippen LogP) is 0.886. The Bertz CT molecular complexity index is 445. The molecule has 1 aliphatic rings. The van der Waals surface area contributed by atoms with Crippen LogP contribution in [0.2, 0.25) is 0 Å². The second-order valence-corrected chi connectivity index (χ2v) is 4.33. The van der Waals surface area contributed by atoms with Gasteiger partial charge in [-0.2, -0.15) is 17.6 Å². The Morgan fingerprint density at radius 1 is 1.76 bits per heavy atom. The first-order valence-electron chi connectivity index (χ1n) is 5.23. The van der Waals surface area contributed by atoms with E-state index in [0.29, 0.717) is 13.0 Å². The fourth-order valence-corrected chi connectivity index (χ4v) is 1.88. The van der Waals surface area contributed by atoms with E-state index in [1.165, 1.54) is 11.2 Å². The van der Waals surface area contributed by atoms with E-state index in [9.17, 15) is 9.59 Å². The van der Waals surface area contributed by atoms with Gasteiger partial charge in [-0.3, -0.25) is 9.69 Å². The van der Waals surface area contributed by atoms with Crippen LogP contribution in [-0.4, -0.2) is 35.3 Å². The standard InChI is InChI=1S/C10H12N2O4S/c1-2-15-9(14)7-5-16-10(11-7)12-4-6(17)3-8(12)13/h5-6,17H,2-4H2,1H3. The van der Waals surface area contributed by atoms with Gasteiger partial charge >= 0.3 is 12.0 Å². The van der Waals surface area contributed by atoms with Crippen LogP contribution in [0.5, 0.6) is 0 Å². The molecule has 0 bridgehead atoms. The molecule has 1 saturated heterocycles. The van der Waals surface area contributed by atoms with Gasteiger partial charge in [-0.1, -0.05) is 0 Å². The second kappa shape index (κ2) is 4.79. The summed E-state index contributed by atoms with van der Waals surface area (Å²) >= 11 is 4.22. The molecule has 0 saturated carbocycles. The zero-order valence-electron chi connectivity index (χ0n) is 9.25. The molecule has 1 aromatic rings. The summed E-state index contributed by atoms with van der Waals surface area (Å²) in [5.74, 6) is -0.668. The Balaban J connectivity index is 2.13. The van der Waals surface area contributed by atoms with Gasteiger partial charge < -0.3 is 9.15 Å². The normalized spacial score (nSPS) is 19.8. The summed E-state index contributed by atoms with van der Waals surface area (Å²) in [4.78, 5) is 28.2. The lowest BCUT2D eigenvalue weighted by molar-refractivity contribution is -0.117. The van der Waals surface area contributed by atoms with Crippen LogP contribution in [-0.2, 0) is 9.53 Å². The first kappa shape index (κ1) is 12.0. The Hall–Kier alpha value is -1.50. The molecule has 7 heteroatoms. The highest BCUT2D eigenvalue weighted by Gasteiger charge is 2.32. The number of amides is 1. The van der Waals surface area contributed by atoms with Crippen molar-refractivity contribution in [2.75, 3.05) is 18.1 Å². The van der Waals surface area contributed by atoms with E-state index in [0.717, 1.165) is 0 Å². The molecule has 0 N–H and O–H groups in total. The van der Waals surface area contributed by atoms with Gasteiger partial charge in [0.2, 0.25) is 5.91 Å². The Morgan fingerprint density at radius 2 is 2.53 bits per heavy atom. The molecule has 0 aliphatic carbocycles. The fourth-order valence-electron chi connectivity index (χ4n) is 1.56. The van der Waals surface area contributed by atoms with Crippen molar-refractivity contribution in [1.82, 2.24) is 4.98 Å². The lowest BCUT2D eigenvalue weighted by Gasteiger charge is -2.09. The van der Waals surface area contributed by atoms with Gasteiger partial charge in [0.25, 0.3) is 0 Å². The Labute approximate surface area is 103 Å². The number of hydrogen-bond donors (Lipinski definition) is 1. The number of thiol groups is 1. The van der Waals surface area contributed by atoms with E-state index in [4.69, 9.17) is 9.15 Å². The van der Waals surface area contributed by atoms with Crippen LogP contribution >= 0.6 is 12.6 Å². The molecule has 1 aliphatic heterocycles. The van der Waals surface area contributed by atoms with Gasteiger partial charge in [0.1, 0.15) is 6.26 Å². The molecule has 6 nitrogen and oxygen atoms in total. The van der Waals surface area contributed by atoms with Gasteiger partial charge in [-0.05, 0) is 6.92 Å². The van der Waals surface area contributed by atoms with Crippen molar-refractivity contribution in [2.45, 2.75) is 18.6 Å². The topological polar surface area (TPSA) is 72.6 Å². The molecule has 0 spiro atoms. The quantitative estimate of drug-likeness (QED) is 0.642. The van der Waals surface area contributed by atoms with Crippen LogP contribution in [0.25, 0.3) is 0 Å². The van der Waals surface area contributed by atoms with E-state index in [2.05, 4.69) is 17.6 Å². The summed E-state index contributed by atoms with van der Waals surface area (Å²) in [6.07, 6.45) is 1.53. The molecule has 1 amide bonds. The minimum atomic E-state index is -0.559. The summed E-state index contributed by atoms with van der Waals surface area (Å²) in [5.41, 5.74) is 0.0669. The number of rotatable bonds is 3. The van der Waals surface area contributed by atoms with Gasteiger partial charge in [0.15, 0.2) is 5.69 Å². The molecule has 2 rings (SSSR count). The van der Waals surface area contributed by atoms with Gasteiger partial charge in [-0.15, -0.1) is 0 Å². The van der Waals surface area contributed by atoms with Crippen molar-refractivity contribution in [1.29, 1.82) is 0 Å². The number of oxazole rings is 1. The van der Waals surface area contributed by atoms with E-state index in [1.807, 2.05) is 0 Å². The average molecular weight is 256 g/mol. The highest BCUT2D eigenvalue weighted by atomic mass is 32.1. The van der Waals surface area contributed by atoms with Gasteiger partial charge in [0.05, 0.1) is 6.61 Å². The fraction of sp³-hybridized carbons (Fsp3) is 0.500. The van der Waals surface area contributed by atoms with E-state index < -0.39 is 5.97 Å². The SMILES string of the molecule is CCOC(=O)c1coc(N2CC(S)CC2=O)n1. The Kier molecular flexibility index (Phi) is 3.37. The highest BCUT2D eigenvalue weighted by molar-refractivity contribution is 7.81. The molecule has 1 unspecified atom stereocenters. The minimum absolute atomic E-state index is 0.0274. The third kappa shape index (κ3) is 2.44. The van der Waals surface area contributed by atoms with Gasteiger partial charge in [0, 0.05) is 18.2 Å². The van der Waals surface area contributed by atoms with Crippen LogP contribution in [0.4, 0.5) is 6.01 Å². The molecule has 1 fully saturated rings. The minimum Gasteiger partial charge on any atom is -0.461 e. The molecule has 17 heavy (non-hydrogen) atoms. The monoisotopic (exact) mass is 256 g/mol. The van der Waals surface area contributed by atoms with Crippen molar-refractivity contribution < 1.29 is 18.7 Å². The highest BCUT2D eigenvalue weighted by Crippen LogP contribution is 2.23. The molecular weight excluding hydrogens is 244 g/mol. The number of nitrogens with zero attached hydrogens (tertiary/aromatic N) is 2. The van der Waals surface area contributed by atoms with Crippen molar-refractivity contribution >= 4 is 30.5 Å². The maximum Gasteiger partial charge on any atom is 0.360 e. The van der Waals surface area contributed by atoms with Crippen molar-refractivity contribution in [3.8, 4) is 0 Å². The third-order valence-corrected chi connectivity index (χ3v) is 2.66. The van der Waals surface area contributed by atoms with E-state index >= 15 is 0 Å². The number of hydrogen-bond acceptors (Lipinski definition) is 6. The zero-order valence-corrected chi connectivity index (χ0v) is 10.1. The van der Waals surface area contributed by atoms with E-state index in [-0.39, 0.29) is 29.5 Å². The Morgan fingerprint density at radius 3 is 3.12 bits per heavy atom. The lowest BCUT2D eigenvalue weighted by Crippen LogP contribution is -2.25. The van der Waals surface area contributed by atoms with Crippen LogP contribution < -0.4 is 4.90 Å². The number of anilines is 1. The van der Waals surface area contributed by atoms with E-state index in [1.54, 1.807) is 6.92 Å². The molecule has 0 radical (unpaired) electrons. The summed E-state index contributed by atoms with van der Waals surface area (Å²) in [7, 11) is 0. The number of carbonyl (C=O) groups excluding carboxylic acids is 2. The van der Waals surface area contributed by atoms with Crippen molar-refractivity contribution in [3.63, 3.8) is 0 Å². The molecular formula is C10H12N2O4S. The third-order valence-electron chi connectivity index (χ3n) is 2.31. The maximum absolute atomic E-state index is 11.6. The summed E-state index contributed by atoms with van der Waals surface area (Å²) < 4.78 is 9.87. The first-order valence-corrected chi connectivity index (χ1v) is 5.74. The van der Waals surface area contributed by atoms with Gasteiger partial charge in [-0.25, -0.2) is 4.79 Å². The lowest BCUT2D eigenvalue weighted by atomic mass is 10.4. The summed E-state index contributed by atoms with van der Waals surface area (Å²) in [6, 6.07) is 0.120. The second-order valence-electron chi connectivity index (χ2n) is 3.60. The van der Waals surface area contributed by atoms with Crippen LogP contribution in [0.3, 0.4) is 0 Å². The van der Waals surface area contributed by atoms with Crippen molar-refractivity contribution in [2.24, 2.45) is 0 Å².